The lowest BCUT2D eigenvalue weighted by atomic mass is 9.92. The van der Waals surface area contributed by atoms with E-state index in [1.165, 1.54) is 4.90 Å². The Morgan fingerprint density at radius 1 is 1.10 bits per heavy atom. The first-order valence-electron chi connectivity index (χ1n) is 7.00. The van der Waals surface area contributed by atoms with E-state index in [-0.39, 0.29) is 6.61 Å². The molecule has 1 unspecified atom stereocenters. The van der Waals surface area contributed by atoms with E-state index < -0.39 is 5.54 Å². The average Bonchev–Trinajstić information content (AvgIpc) is 2.54. The highest BCUT2D eigenvalue weighted by atomic mass is 79.9. The molecule has 0 saturated carbocycles. The SMILES string of the molecule is CCNC(CO)(CSc1ccccc1Br)c1ccccc1. The van der Waals surface area contributed by atoms with E-state index in [1.54, 1.807) is 11.8 Å². The van der Waals surface area contributed by atoms with Crippen LogP contribution in [0.25, 0.3) is 0 Å². The monoisotopic (exact) mass is 365 g/mol. The van der Waals surface area contributed by atoms with E-state index in [9.17, 15) is 5.11 Å². The van der Waals surface area contributed by atoms with Crippen molar-refractivity contribution >= 4 is 27.7 Å². The van der Waals surface area contributed by atoms with Crippen LogP contribution in [-0.2, 0) is 5.54 Å². The molecule has 2 N–H and O–H groups in total. The largest absolute Gasteiger partial charge is 0.394 e. The van der Waals surface area contributed by atoms with Gasteiger partial charge in [0.15, 0.2) is 0 Å². The molecule has 21 heavy (non-hydrogen) atoms. The van der Waals surface area contributed by atoms with Crippen LogP contribution in [0.1, 0.15) is 12.5 Å². The summed E-state index contributed by atoms with van der Waals surface area (Å²) in [7, 11) is 0. The zero-order chi connectivity index (χ0) is 15.1. The van der Waals surface area contributed by atoms with Crippen molar-refractivity contribution in [2.24, 2.45) is 0 Å². The Morgan fingerprint density at radius 2 is 1.76 bits per heavy atom. The summed E-state index contributed by atoms with van der Waals surface area (Å²) in [6.45, 7) is 2.95. The quantitative estimate of drug-likeness (QED) is 0.726. The molecule has 0 spiro atoms. The minimum Gasteiger partial charge on any atom is -0.394 e. The van der Waals surface area contributed by atoms with Crippen molar-refractivity contribution in [2.45, 2.75) is 17.4 Å². The number of aliphatic hydroxyl groups is 1. The number of likely N-dealkylation sites (N-methyl/N-ethyl adjacent to an activating group) is 1. The molecular formula is C17H20BrNOS. The highest BCUT2D eigenvalue weighted by molar-refractivity contribution is 9.10. The van der Waals surface area contributed by atoms with Gasteiger partial charge in [-0.05, 0) is 40.2 Å². The molecule has 0 saturated heterocycles. The molecule has 0 amide bonds. The molecule has 2 rings (SSSR count). The first-order valence-corrected chi connectivity index (χ1v) is 8.78. The number of aliphatic hydroxyl groups excluding tert-OH is 1. The number of rotatable bonds is 7. The predicted octanol–water partition coefficient (Wildman–Crippen LogP) is 4.04. The van der Waals surface area contributed by atoms with Crippen LogP contribution in [0.4, 0.5) is 0 Å². The third kappa shape index (κ3) is 4.10. The standard InChI is InChI=1S/C17H20BrNOS/c1-2-19-17(12-20,14-8-4-3-5-9-14)13-21-16-11-7-6-10-15(16)18/h3-11,19-20H,2,12-13H2,1H3. The van der Waals surface area contributed by atoms with Gasteiger partial charge >= 0.3 is 0 Å². The molecule has 0 aliphatic rings. The van der Waals surface area contributed by atoms with E-state index in [0.29, 0.717) is 0 Å². The Kier molecular flexibility index (Phi) is 6.30. The molecule has 0 fully saturated rings. The lowest BCUT2D eigenvalue weighted by molar-refractivity contribution is 0.181. The summed E-state index contributed by atoms with van der Waals surface area (Å²) in [6.07, 6.45) is 0. The Balaban J connectivity index is 2.23. The third-order valence-electron chi connectivity index (χ3n) is 3.42. The predicted molar refractivity (Wildman–Crippen MR) is 93.7 cm³/mol. The molecule has 0 aliphatic carbocycles. The molecule has 2 aromatic carbocycles. The number of hydrogen-bond acceptors (Lipinski definition) is 3. The lowest BCUT2D eigenvalue weighted by Crippen LogP contribution is -2.47. The van der Waals surface area contributed by atoms with Crippen molar-refractivity contribution in [3.8, 4) is 0 Å². The van der Waals surface area contributed by atoms with Gasteiger partial charge in [-0.25, -0.2) is 0 Å². The molecule has 0 aliphatic heterocycles. The van der Waals surface area contributed by atoms with Crippen LogP contribution in [0.5, 0.6) is 0 Å². The van der Waals surface area contributed by atoms with Gasteiger partial charge in [-0.15, -0.1) is 11.8 Å². The Labute approximate surface area is 139 Å². The van der Waals surface area contributed by atoms with Crippen LogP contribution >= 0.6 is 27.7 Å². The summed E-state index contributed by atoms with van der Waals surface area (Å²) < 4.78 is 1.09. The summed E-state index contributed by atoms with van der Waals surface area (Å²) in [5.41, 5.74) is 0.699. The molecule has 0 radical (unpaired) electrons. The van der Waals surface area contributed by atoms with E-state index >= 15 is 0 Å². The van der Waals surface area contributed by atoms with Gasteiger partial charge in [0.05, 0.1) is 12.1 Å². The minimum absolute atomic E-state index is 0.0717. The third-order valence-corrected chi connectivity index (χ3v) is 5.68. The van der Waals surface area contributed by atoms with Gasteiger partial charge < -0.3 is 10.4 Å². The van der Waals surface area contributed by atoms with Crippen LogP contribution in [0.15, 0.2) is 64.0 Å². The molecule has 2 aromatic rings. The van der Waals surface area contributed by atoms with E-state index in [0.717, 1.165) is 22.3 Å². The summed E-state index contributed by atoms with van der Waals surface area (Å²) >= 11 is 5.32. The fourth-order valence-electron chi connectivity index (χ4n) is 2.29. The smallest absolute Gasteiger partial charge is 0.0764 e. The molecule has 0 aromatic heterocycles. The summed E-state index contributed by atoms with van der Waals surface area (Å²) in [5.74, 6) is 0.768. The van der Waals surface area contributed by atoms with E-state index in [2.05, 4.69) is 46.4 Å². The van der Waals surface area contributed by atoms with Crippen molar-refractivity contribution in [3.63, 3.8) is 0 Å². The topological polar surface area (TPSA) is 32.3 Å². The summed E-state index contributed by atoms with van der Waals surface area (Å²) in [4.78, 5) is 1.18. The average molecular weight is 366 g/mol. The molecule has 0 bridgehead atoms. The van der Waals surface area contributed by atoms with Crippen molar-refractivity contribution in [3.05, 3.63) is 64.6 Å². The van der Waals surface area contributed by atoms with Gasteiger partial charge in [-0.1, -0.05) is 49.4 Å². The fraction of sp³-hybridized carbons (Fsp3) is 0.294. The van der Waals surface area contributed by atoms with Gasteiger partial charge in [0.25, 0.3) is 0 Å². The Bertz CT molecular complexity index is 564. The van der Waals surface area contributed by atoms with Gasteiger partial charge in [-0.2, -0.15) is 0 Å². The van der Waals surface area contributed by atoms with Gasteiger partial charge in [0.1, 0.15) is 0 Å². The first-order chi connectivity index (χ1) is 10.2. The van der Waals surface area contributed by atoms with Gasteiger partial charge in [0.2, 0.25) is 0 Å². The zero-order valence-corrected chi connectivity index (χ0v) is 14.5. The Hall–Kier alpha value is -0.810. The normalized spacial score (nSPS) is 13.9. The number of benzene rings is 2. The second-order valence-corrected chi connectivity index (χ2v) is 6.73. The van der Waals surface area contributed by atoms with Crippen LogP contribution in [0.2, 0.25) is 0 Å². The molecule has 2 nitrogen and oxygen atoms in total. The van der Waals surface area contributed by atoms with Gasteiger partial charge in [-0.3, -0.25) is 0 Å². The molecule has 0 heterocycles. The molecule has 4 heteroatoms. The number of nitrogens with one attached hydrogen (secondary N) is 1. The van der Waals surface area contributed by atoms with Gasteiger partial charge in [0, 0.05) is 15.1 Å². The number of hydrogen-bond donors (Lipinski definition) is 2. The number of halogens is 1. The van der Waals surface area contributed by atoms with Crippen molar-refractivity contribution in [2.75, 3.05) is 18.9 Å². The second kappa shape index (κ2) is 7.99. The van der Waals surface area contributed by atoms with Crippen molar-refractivity contribution in [1.82, 2.24) is 5.32 Å². The highest BCUT2D eigenvalue weighted by Crippen LogP contribution is 2.33. The maximum absolute atomic E-state index is 10.0. The molecule has 1 atom stereocenters. The Morgan fingerprint density at radius 3 is 2.38 bits per heavy atom. The zero-order valence-electron chi connectivity index (χ0n) is 12.1. The first kappa shape index (κ1) is 16.6. The van der Waals surface area contributed by atoms with E-state index in [4.69, 9.17) is 0 Å². The van der Waals surface area contributed by atoms with Crippen LogP contribution in [0, 0.1) is 0 Å². The number of thioether (sulfide) groups is 1. The summed E-state index contributed by atoms with van der Waals surface area (Å²) in [6, 6.07) is 18.3. The van der Waals surface area contributed by atoms with E-state index in [1.807, 2.05) is 36.4 Å². The molecular weight excluding hydrogens is 346 g/mol. The molecule has 112 valence electrons. The van der Waals surface area contributed by atoms with Crippen molar-refractivity contribution < 1.29 is 5.11 Å². The van der Waals surface area contributed by atoms with Crippen LogP contribution < -0.4 is 5.32 Å². The van der Waals surface area contributed by atoms with Crippen molar-refractivity contribution in [1.29, 1.82) is 0 Å². The minimum atomic E-state index is -0.421. The second-order valence-electron chi connectivity index (χ2n) is 4.86. The maximum atomic E-state index is 10.0. The van der Waals surface area contributed by atoms with Crippen LogP contribution in [0.3, 0.4) is 0 Å². The van der Waals surface area contributed by atoms with Crippen LogP contribution in [-0.4, -0.2) is 24.0 Å². The maximum Gasteiger partial charge on any atom is 0.0764 e. The lowest BCUT2D eigenvalue weighted by Gasteiger charge is -2.33. The highest BCUT2D eigenvalue weighted by Gasteiger charge is 2.30. The summed E-state index contributed by atoms with van der Waals surface area (Å²) in [5, 5.41) is 13.5. The fourth-order valence-corrected chi connectivity index (χ4v) is 4.06.